The molecule has 0 bridgehead atoms. The van der Waals surface area contributed by atoms with Crippen molar-refractivity contribution in [3.63, 3.8) is 0 Å². The summed E-state index contributed by atoms with van der Waals surface area (Å²) in [7, 11) is 5.37. The van der Waals surface area contributed by atoms with Crippen LogP contribution in [0.2, 0.25) is 0 Å². The van der Waals surface area contributed by atoms with Crippen molar-refractivity contribution in [1.82, 2.24) is 25.0 Å². The first kappa shape index (κ1) is 17.4. The monoisotopic (exact) mass is 337 g/mol. The molecule has 2 aromatic rings. The SMILES string of the molecule is CN(C)C(C(=O)NCCSc1nncn1C)c1ccccc1F. The predicted molar refractivity (Wildman–Crippen MR) is 87.6 cm³/mol. The first-order valence-electron chi connectivity index (χ1n) is 7.16. The van der Waals surface area contributed by atoms with E-state index in [0.717, 1.165) is 5.16 Å². The van der Waals surface area contributed by atoms with Gasteiger partial charge in [-0.1, -0.05) is 30.0 Å². The molecule has 0 aliphatic carbocycles. The Kier molecular flexibility index (Phi) is 6.12. The summed E-state index contributed by atoms with van der Waals surface area (Å²) >= 11 is 1.50. The van der Waals surface area contributed by atoms with Gasteiger partial charge >= 0.3 is 0 Å². The average Bonchev–Trinajstić information content (AvgIpc) is 2.91. The third kappa shape index (κ3) is 4.52. The van der Waals surface area contributed by atoms with Gasteiger partial charge in [-0.25, -0.2) is 4.39 Å². The molecule has 1 aromatic carbocycles. The Labute approximate surface area is 139 Å². The van der Waals surface area contributed by atoms with Gasteiger partial charge in [0.2, 0.25) is 5.91 Å². The van der Waals surface area contributed by atoms with Gasteiger partial charge < -0.3 is 9.88 Å². The molecule has 23 heavy (non-hydrogen) atoms. The molecule has 0 radical (unpaired) electrons. The molecule has 0 aliphatic rings. The number of hydrogen-bond donors (Lipinski definition) is 1. The lowest BCUT2D eigenvalue weighted by atomic mass is 10.0. The van der Waals surface area contributed by atoms with Crippen LogP contribution in [0.5, 0.6) is 0 Å². The second-order valence-electron chi connectivity index (χ2n) is 5.25. The van der Waals surface area contributed by atoms with Gasteiger partial charge in [0.15, 0.2) is 5.16 Å². The van der Waals surface area contributed by atoms with Gasteiger partial charge in [0.05, 0.1) is 0 Å². The van der Waals surface area contributed by atoms with E-state index in [1.165, 1.54) is 17.8 Å². The van der Waals surface area contributed by atoms with Crippen LogP contribution >= 0.6 is 11.8 Å². The Hall–Kier alpha value is -1.93. The fraction of sp³-hybridized carbons (Fsp3) is 0.400. The van der Waals surface area contributed by atoms with E-state index in [4.69, 9.17) is 0 Å². The second-order valence-corrected chi connectivity index (χ2v) is 6.31. The van der Waals surface area contributed by atoms with Crippen molar-refractivity contribution in [2.45, 2.75) is 11.2 Å². The molecule has 0 saturated carbocycles. The summed E-state index contributed by atoms with van der Waals surface area (Å²) in [5.74, 6) is 0.0591. The summed E-state index contributed by atoms with van der Waals surface area (Å²) in [5, 5.41) is 11.4. The molecular weight excluding hydrogens is 317 g/mol. The lowest BCUT2D eigenvalue weighted by molar-refractivity contribution is -0.125. The van der Waals surface area contributed by atoms with Crippen LogP contribution in [0.4, 0.5) is 4.39 Å². The highest BCUT2D eigenvalue weighted by Gasteiger charge is 2.25. The molecule has 6 nitrogen and oxygen atoms in total. The number of rotatable bonds is 7. The van der Waals surface area contributed by atoms with Crippen LogP contribution in [0.3, 0.4) is 0 Å². The number of amides is 1. The van der Waals surface area contributed by atoms with Crippen molar-refractivity contribution in [3.05, 3.63) is 42.0 Å². The fourth-order valence-electron chi connectivity index (χ4n) is 2.17. The number of hydrogen-bond acceptors (Lipinski definition) is 5. The van der Waals surface area contributed by atoms with Crippen LogP contribution in [-0.4, -0.2) is 52.0 Å². The third-order valence-corrected chi connectivity index (χ3v) is 4.30. The smallest absolute Gasteiger partial charge is 0.242 e. The first-order valence-corrected chi connectivity index (χ1v) is 8.14. The Morgan fingerprint density at radius 3 is 2.78 bits per heavy atom. The van der Waals surface area contributed by atoms with Crippen molar-refractivity contribution in [3.8, 4) is 0 Å². The predicted octanol–water partition coefficient (Wildman–Crippen LogP) is 1.47. The molecule has 1 aromatic heterocycles. The number of thioether (sulfide) groups is 1. The Morgan fingerprint density at radius 1 is 1.43 bits per heavy atom. The molecule has 1 amide bonds. The van der Waals surface area contributed by atoms with E-state index < -0.39 is 6.04 Å². The van der Waals surface area contributed by atoms with E-state index in [2.05, 4.69) is 15.5 Å². The molecule has 8 heteroatoms. The minimum Gasteiger partial charge on any atom is -0.354 e. The lowest BCUT2D eigenvalue weighted by Gasteiger charge is -2.24. The van der Waals surface area contributed by atoms with Crippen LogP contribution in [0.25, 0.3) is 0 Å². The number of likely N-dealkylation sites (N-methyl/N-ethyl adjacent to an activating group) is 1. The van der Waals surface area contributed by atoms with Gasteiger partial charge in [-0.05, 0) is 20.2 Å². The van der Waals surface area contributed by atoms with Gasteiger partial charge in [0, 0.05) is 24.9 Å². The summed E-state index contributed by atoms with van der Waals surface area (Å²) in [5.41, 5.74) is 0.371. The maximum Gasteiger partial charge on any atom is 0.242 e. The average molecular weight is 337 g/mol. The number of nitrogens with one attached hydrogen (secondary N) is 1. The second kappa shape index (κ2) is 8.07. The molecule has 2 rings (SSSR count). The van der Waals surface area contributed by atoms with E-state index >= 15 is 0 Å². The molecule has 1 atom stereocenters. The third-order valence-electron chi connectivity index (χ3n) is 3.27. The number of nitrogens with zero attached hydrogens (tertiary/aromatic N) is 4. The molecule has 1 N–H and O–H groups in total. The highest BCUT2D eigenvalue weighted by atomic mass is 32.2. The first-order chi connectivity index (χ1) is 11.0. The summed E-state index contributed by atoms with van der Waals surface area (Å²) < 4.78 is 15.8. The van der Waals surface area contributed by atoms with Crippen LogP contribution in [0.1, 0.15) is 11.6 Å². The highest BCUT2D eigenvalue weighted by Crippen LogP contribution is 2.21. The van der Waals surface area contributed by atoms with Crippen molar-refractivity contribution in [2.24, 2.45) is 7.05 Å². The van der Waals surface area contributed by atoms with Crippen molar-refractivity contribution in [2.75, 3.05) is 26.4 Å². The summed E-state index contributed by atoms with van der Waals surface area (Å²) in [4.78, 5) is 14.1. The zero-order valence-electron chi connectivity index (χ0n) is 13.4. The largest absolute Gasteiger partial charge is 0.354 e. The number of carbonyl (C=O) groups is 1. The molecule has 124 valence electrons. The summed E-state index contributed by atoms with van der Waals surface area (Å²) in [6, 6.07) is 5.68. The maximum absolute atomic E-state index is 14.0. The maximum atomic E-state index is 14.0. The standard InChI is InChI=1S/C15H20FN5OS/c1-20(2)13(11-6-4-5-7-12(11)16)14(22)17-8-9-23-15-19-18-10-21(15)3/h4-7,10,13H,8-9H2,1-3H3,(H,17,22). The number of aromatic nitrogens is 3. The van der Waals surface area contributed by atoms with Crippen molar-refractivity contribution in [1.29, 1.82) is 0 Å². The molecule has 0 saturated heterocycles. The number of benzene rings is 1. The van der Waals surface area contributed by atoms with Gasteiger partial charge in [-0.3, -0.25) is 9.69 Å². The number of aryl methyl sites for hydroxylation is 1. The molecule has 0 aliphatic heterocycles. The molecule has 0 spiro atoms. The van der Waals surface area contributed by atoms with E-state index in [1.54, 1.807) is 43.5 Å². The van der Waals surface area contributed by atoms with Gasteiger partial charge in [-0.15, -0.1) is 10.2 Å². The minimum atomic E-state index is -0.656. The molecule has 0 fully saturated rings. The normalized spacial score (nSPS) is 12.4. The lowest BCUT2D eigenvalue weighted by Crippen LogP contribution is -2.38. The highest BCUT2D eigenvalue weighted by molar-refractivity contribution is 7.99. The van der Waals surface area contributed by atoms with Crippen molar-refractivity contribution >= 4 is 17.7 Å². The summed E-state index contributed by atoms with van der Waals surface area (Å²) in [6.45, 7) is 0.467. The number of carbonyl (C=O) groups excluding carboxylic acids is 1. The number of halogens is 1. The van der Waals surface area contributed by atoms with E-state index in [1.807, 2.05) is 11.6 Å². The fourth-order valence-corrected chi connectivity index (χ4v) is 2.91. The quantitative estimate of drug-likeness (QED) is 0.612. The van der Waals surface area contributed by atoms with E-state index in [9.17, 15) is 9.18 Å². The minimum absolute atomic E-state index is 0.223. The van der Waals surface area contributed by atoms with Gasteiger partial charge in [0.25, 0.3) is 0 Å². The molecule has 1 heterocycles. The van der Waals surface area contributed by atoms with E-state index in [0.29, 0.717) is 17.9 Å². The van der Waals surface area contributed by atoms with Crippen LogP contribution in [0, 0.1) is 5.82 Å². The zero-order valence-corrected chi connectivity index (χ0v) is 14.2. The van der Waals surface area contributed by atoms with Crippen LogP contribution in [0.15, 0.2) is 35.7 Å². The van der Waals surface area contributed by atoms with Crippen LogP contribution in [-0.2, 0) is 11.8 Å². The van der Waals surface area contributed by atoms with E-state index in [-0.39, 0.29) is 11.7 Å². The van der Waals surface area contributed by atoms with Crippen molar-refractivity contribution < 1.29 is 9.18 Å². The Balaban J connectivity index is 1.92. The molecule has 1 unspecified atom stereocenters. The topological polar surface area (TPSA) is 63.1 Å². The zero-order chi connectivity index (χ0) is 16.8. The molecular formula is C15H20FN5OS. The van der Waals surface area contributed by atoms with Gasteiger partial charge in [-0.2, -0.15) is 0 Å². The summed E-state index contributed by atoms with van der Waals surface area (Å²) in [6.07, 6.45) is 1.63. The Morgan fingerprint density at radius 2 is 2.17 bits per heavy atom. The Bertz CT molecular complexity index is 661. The van der Waals surface area contributed by atoms with Gasteiger partial charge in [0.1, 0.15) is 18.2 Å². The van der Waals surface area contributed by atoms with Crippen LogP contribution < -0.4 is 5.32 Å².